The minimum absolute atomic E-state index is 0.877. The fourth-order valence-corrected chi connectivity index (χ4v) is 4.56. The van der Waals surface area contributed by atoms with Crippen LogP contribution in [0.15, 0.2) is 42.5 Å². The number of H-pyrrole nitrogens is 2. The van der Waals surface area contributed by atoms with Crippen molar-refractivity contribution in [3.05, 3.63) is 87.6 Å². The highest BCUT2D eigenvalue weighted by Gasteiger charge is 2.19. The Balaban J connectivity index is 1.74. The summed E-state index contributed by atoms with van der Waals surface area (Å²) >= 11 is 0. The van der Waals surface area contributed by atoms with Gasteiger partial charge in [-0.05, 0) is 111 Å². The summed E-state index contributed by atoms with van der Waals surface area (Å²) in [5.41, 5.74) is 14.2. The van der Waals surface area contributed by atoms with E-state index in [1.165, 1.54) is 11.1 Å². The quantitative estimate of drug-likeness (QED) is 0.289. The topological polar surface area (TPSA) is 70.2 Å². The van der Waals surface area contributed by atoms with Gasteiger partial charge in [0, 0.05) is 27.8 Å². The summed E-state index contributed by atoms with van der Waals surface area (Å²) < 4.78 is 0. The van der Waals surface area contributed by atoms with E-state index in [0.29, 0.717) is 0 Å². The first kappa shape index (κ1) is 20.4. The number of hydrogen-bond donors (Lipinski definition) is 2. The molecule has 2 aliphatic heterocycles. The van der Waals surface area contributed by atoms with Gasteiger partial charge in [0.2, 0.25) is 0 Å². The Morgan fingerprint density at radius 3 is 1.56 bits per heavy atom. The number of rotatable bonds is 1. The van der Waals surface area contributed by atoms with Crippen molar-refractivity contribution >= 4 is 46.4 Å². The van der Waals surface area contributed by atoms with Gasteiger partial charge in [0.05, 0.1) is 34.0 Å². The van der Waals surface area contributed by atoms with Crippen LogP contribution in [0.1, 0.15) is 45.2 Å². The van der Waals surface area contributed by atoms with Crippen molar-refractivity contribution in [2.24, 2.45) is 0 Å². The number of nitrogens with zero attached hydrogens (tertiary/aromatic N) is 3. The van der Waals surface area contributed by atoms with Crippen LogP contribution in [-0.4, -0.2) is 24.9 Å². The van der Waals surface area contributed by atoms with Crippen molar-refractivity contribution in [1.82, 2.24) is 24.9 Å². The van der Waals surface area contributed by atoms with Crippen LogP contribution >= 0.6 is 0 Å². The van der Waals surface area contributed by atoms with Crippen LogP contribution in [0.25, 0.3) is 57.6 Å². The van der Waals surface area contributed by atoms with Crippen molar-refractivity contribution in [3.8, 4) is 11.3 Å². The van der Waals surface area contributed by atoms with Crippen LogP contribution in [0.3, 0.4) is 0 Å². The van der Waals surface area contributed by atoms with E-state index in [1.807, 2.05) is 12.2 Å². The van der Waals surface area contributed by atoms with Crippen LogP contribution in [-0.2, 0) is 0 Å². The number of hydrogen-bond acceptors (Lipinski definition) is 3. The number of nitrogens with one attached hydrogen (secondary N) is 2. The van der Waals surface area contributed by atoms with Gasteiger partial charge >= 0.3 is 0 Å². The Hall–Kier alpha value is -4.25. The molecule has 4 aromatic rings. The van der Waals surface area contributed by atoms with Crippen molar-refractivity contribution in [1.29, 1.82) is 0 Å². The summed E-state index contributed by atoms with van der Waals surface area (Å²) in [5.74, 6) is 0. The predicted molar refractivity (Wildman–Crippen MR) is 141 cm³/mol. The van der Waals surface area contributed by atoms with E-state index in [4.69, 9.17) is 15.0 Å². The van der Waals surface area contributed by atoms with Crippen LogP contribution < -0.4 is 0 Å². The minimum atomic E-state index is 0.877. The minimum Gasteiger partial charge on any atom is -0.355 e. The lowest BCUT2D eigenvalue weighted by atomic mass is 9.96. The van der Waals surface area contributed by atoms with Crippen molar-refractivity contribution in [2.75, 3.05) is 0 Å². The Kier molecular flexibility index (Phi) is 4.59. The molecule has 6 heterocycles. The molecule has 0 atom stereocenters. The molecule has 0 spiro atoms. The molecular weight excluding hydrogens is 418 g/mol. The zero-order valence-electron chi connectivity index (χ0n) is 19.7. The summed E-state index contributed by atoms with van der Waals surface area (Å²) in [5, 5.41) is 0. The number of aromatic amines is 2. The molecule has 2 aliphatic rings. The summed E-state index contributed by atoms with van der Waals surface area (Å²) in [6, 6.07) is 14.5. The third-order valence-corrected chi connectivity index (χ3v) is 6.75. The molecule has 4 aromatic heterocycles. The molecule has 0 amide bonds. The molecule has 0 saturated heterocycles. The van der Waals surface area contributed by atoms with Gasteiger partial charge in [-0.2, -0.15) is 0 Å². The predicted octanol–water partition coefficient (Wildman–Crippen LogP) is 6.95. The third-order valence-electron chi connectivity index (χ3n) is 6.75. The second-order valence-electron chi connectivity index (χ2n) is 8.98. The number of fused-ring (bicyclic) bond motifs is 8. The first-order valence-corrected chi connectivity index (χ1v) is 11.5. The summed E-state index contributed by atoms with van der Waals surface area (Å²) in [7, 11) is 0. The molecule has 0 radical (unpaired) electrons. The van der Waals surface area contributed by atoms with Gasteiger partial charge in [0.25, 0.3) is 0 Å². The second-order valence-corrected chi connectivity index (χ2v) is 8.98. The Labute approximate surface area is 198 Å². The molecule has 34 heavy (non-hydrogen) atoms. The molecule has 166 valence electrons. The van der Waals surface area contributed by atoms with Gasteiger partial charge in [-0.1, -0.05) is 0 Å². The molecule has 0 aromatic carbocycles. The lowest BCUT2D eigenvalue weighted by Gasteiger charge is -2.14. The lowest BCUT2D eigenvalue weighted by molar-refractivity contribution is 1.09. The average Bonchev–Trinajstić information content (AvgIpc) is 3.61. The smallest absolute Gasteiger partial charge is 0.0780 e. The summed E-state index contributed by atoms with van der Waals surface area (Å²) in [4.78, 5) is 21.9. The Morgan fingerprint density at radius 2 is 1.03 bits per heavy atom. The zero-order chi connectivity index (χ0) is 23.4. The number of aromatic nitrogens is 5. The van der Waals surface area contributed by atoms with Gasteiger partial charge in [-0.25, -0.2) is 9.97 Å². The maximum Gasteiger partial charge on any atom is 0.0780 e. The van der Waals surface area contributed by atoms with Gasteiger partial charge < -0.3 is 9.97 Å². The van der Waals surface area contributed by atoms with Crippen molar-refractivity contribution in [2.45, 2.75) is 27.7 Å². The number of pyridine rings is 1. The van der Waals surface area contributed by atoms with Crippen LogP contribution in [0.5, 0.6) is 0 Å². The summed E-state index contributed by atoms with van der Waals surface area (Å²) in [6.07, 6.45) is 8.23. The standard InChI is InChI=1S/C29H25N5/c1-16-17(2)19(4)30-29(18(16)3)28-26-11-9-24(33-26)14-22-7-5-20(31-22)13-21-6-8-23(32-21)15-25-10-12-27(28)34-25/h5-15,31-32H,1-4H3. The van der Waals surface area contributed by atoms with E-state index in [9.17, 15) is 0 Å². The molecule has 0 saturated carbocycles. The summed E-state index contributed by atoms with van der Waals surface area (Å²) in [6.45, 7) is 8.50. The van der Waals surface area contributed by atoms with E-state index >= 15 is 0 Å². The molecule has 5 nitrogen and oxygen atoms in total. The van der Waals surface area contributed by atoms with E-state index in [0.717, 1.165) is 67.4 Å². The molecule has 2 N–H and O–H groups in total. The highest BCUT2D eigenvalue weighted by Crippen LogP contribution is 2.34. The van der Waals surface area contributed by atoms with Crippen LogP contribution in [0.2, 0.25) is 0 Å². The molecule has 0 unspecified atom stereocenters. The SMILES string of the molecule is Cc1nc(-c2c3nc(cc4ccc(cc5ccc(cc6nc2C=C6)[nH]5)[nH]4)C=C3)c(C)c(C)c1C. The molecule has 0 fully saturated rings. The van der Waals surface area contributed by atoms with Gasteiger partial charge in [0.15, 0.2) is 0 Å². The monoisotopic (exact) mass is 443 g/mol. The third kappa shape index (κ3) is 3.46. The fourth-order valence-electron chi connectivity index (χ4n) is 4.56. The van der Waals surface area contributed by atoms with Crippen LogP contribution in [0, 0.1) is 27.7 Å². The second kappa shape index (κ2) is 7.66. The lowest BCUT2D eigenvalue weighted by Crippen LogP contribution is -2.01. The largest absolute Gasteiger partial charge is 0.355 e. The molecule has 0 aliphatic carbocycles. The van der Waals surface area contributed by atoms with Gasteiger partial charge in [-0.3, -0.25) is 4.98 Å². The van der Waals surface area contributed by atoms with E-state index in [-0.39, 0.29) is 0 Å². The maximum absolute atomic E-state index is 5.02. The molecule has 5 heteroatoms. The van der Waals surface area contributed by atoms with E-state index < -0.39 is 0 Å². The first-order valence-electron chi connectivity index (χ1n) is 11.5. The van der Waals surface area contributed by atoms with Crippen molar-refractivity contribution in [3.63, 3.8) is 0 Å². The van der Waals surface area contributed by atoms with Crippen molar-refractivity contribution < 1.29 is 0 Å². The normalized spacial score (nSPS) is 12.5. The average molecular weight is 444 g/mol. The maximum atomic E-state index is 5.02. The first-order chi connectivity index (χ1) is 16.4. The molecule has 8 bridgehead atoms. The fraction of sp³-hybridized carbons (Fsp3) is 0.138. The van der Waals surface area contributed by atoms with Gasteiger partial charge in [-0.15, -0.1) is 0 Å². The zero-order valence-corrected chi connectivity index (χ0v) is 19.7. The Morgan fingerprint density at radius 1 is 0.529 bits per heavy atom. The highest BCUT2D eigenvalue weighted by atomic mass is 14.8. The van der Waals surface area contributed by atoms with E-state index in [2.05, 4.69) is 92.3 Å². The van der Waals surface area contributed by atoms with Crippen LogP contribution in [0.4, 0.5) is 0 Å². The molecular formula is C29H25N5. The Bertz CT molecular complexity index is 1600. The number of aryl methyl sites for hydroxylation is 1. The van der Waals surface area contributed by atoms with E-state index in [1.54, 1.807) is 0 Å². The molecule has 6 rings (SSSR count). The van der Waals surface area contributed by atoms with Gasteiger partial charge in [0.1, 0.15) is 0 Å². The highest BCUT2D eigenvalue weighted by molar-refractivity contribution is 5.89.